The molecule has 6 nitrogen and oxygen atoms in total. The molecule has 3 heterocycles. The van der Waals surface area contributed by atoms with Crippen LogP contribution in [-0.4, -0.2) is 16.2 Å². The maximum Gasteiger partial charge on any atom is 0.416 e. The van der Waals surface area contributed by atoms with Crippen LogP contribution in [0.4, 0.5) is 26.3 Å². The third-order valence-corrected chi connectivity index (χ3v) is 6.78. The lowest BCUT2D eigenvalue weighted by Gasteiger charge is -2.15. The van der Waals surface area contributed by atoms with Gasteiger partial charge in [0.1, 0.15) is 15.8 Å². The van der Waals surface area contributed by atoms with Gasteiger partial charge in [-0.2, -0.15) is 26.3 Å². The lowest BCUT2D eigenvalue weighted by Crippen LogP contribution is -2.45. The number of hydrogen-bond donors (Lipinski definition) is 1. The lowest BCUT2D eigenvalue weighted by molar-refractivity contribution is -0.138. The maximum absolute atomic E-state index is 13.6. The number of alkyl halides is 6. The molecule has 5 rings (SSSR count). The van der Waals surface area contributed by atoms with E-state index in [1.54, 1.807) is 6.08 Å². The third kappa shape index (κ3) is 4.46. The van der Waals surface area contributed by atoms with E-state index >= 15 is 0 Å². The van der Waals surface area contributed by atoms with Gasteiger partial charge in [0.05, 0.1) is 22.0 Å². The zero-order valence-corrected chi connectivity index (χ0v) is 19.7. The summed E-state index contributed by atoms with van der Waals surface area (Å²) in [5.74, 6) is -0.869. The van der Waals surface area contributed by atoms with E-state index in [0.717, 1.165) is 41.0 Å². The molecule has 0 unspecified atom stereocenters. The minimum atomic E-state index is -4.70. The predicted octanol–water partition coefficient (Wildman–Crippen LogP) is 4.64. The van der Waals surface area contributed by atoms with E-state index in [9.17, 15) is 41.0 Å². The molecule has 0 saturated carbocycles. The number of aromatic nitrogens is 1. The van der Waals surface area contributed by atoms with Crippen LogP contribution < -0.4 is 21.9 Å². The van der Waals surface area contributed by atoms with Crippen LogP contribution in [0, 0.1) is 0 Å². The zero-order valence-electron chi connectivity index (χ0n) is 18.9. The number of benzene rings is 2. The molecule has 0 amide bonds. The van der Waals surface area contributed by atoms with Crippen molar-refractivity contribution >= 4 is 28.8 Å². The summed E-state index contributed by atoms with van der Waals surface area (Å²) in [4.78, 5) is 30.0. The van der Waals surface area contributed by atoms with Crippen LogP contribution in [0.3, 0.4) is 0 Å². The van der Waals surface area contributed by atoms with Crippen molar-refractivity contribution in [3.63, 3.8) is 0 Å². The van der Waals surface area contributed by atoms with Gasteiger partial charge in [-0.25, -0.2) is 4.79 Å². The van der Waals surface area contributed by atoms with E-state index in [4.69, 9.17) is 4.42 Å². The van der Waals surface area contributed by atoms with Gasteiger partial charge in [-0.15, -0.1) is 0 Å². The molecule has 1 aliphatic rings. The molecule has 0 spiro atoms. The summed E-state index contributed by atoms with van der Waals surface area (Å²) in [6, 6.07) is 7.88. The Kier molecular flexibility index (Phi) is 6.13. The van der Waals surface area contributed by atoms with Crippen LogP contribution in [0.1, 0.15) is 17.5 Å². The molecule has 0 atom stereocenters. The van der Waals surface area contributed by atoms with Crippen molar-refractivity contribution in [2.45, 2.75) is 28.6 Å². The fraction of sp³-hybridized carbons (Fsp3) is 0.160. The van der Waals surface area contributed by atoms with Crippen molar-refractivity contribution in [3.05, 3.63) is 91.1 Å². The monoisotopic (exact) mass is 552 g/mol. The average molecular weight is 552 g/mol. The van der Waals surface area contributed by atoms with E-state index in [1.807, 2.05) is 0 Å². The highest BCUT2D eigenvalue weighted by Gasteiger charge is 2.32. The first kappa shape index (κ1) is 25.6. The first-order valence-corrected chi connectivity index (χ1v) is 11.7. The molecule has 0 saturated heterocycles. The molecule has 196 valence electrons. The quantitative estimate of drug-likeness (QED) is 0.375. The highest BCUT2D eigenvalue weighted by atomic mass is 32.2. The largest absolute Gasteiger partial charge is 0.505 e. The number of nitrogens with zero attached hydrogens (tertiary/aromatic N) is 2. The smallest absolute Gasteiger partial charge is 0.416 e. The second kappa shape index (κ2) is 9.08. The summed E-state index contributed by atoms with van der Waals surface area (Å²) < 4.78 is 85.7. The Bertz CT molecular complexity index is 1840. The van der Waals surface area contributed by atoms with Crippen LogP contribution in [-0.2, 0) is 12.4 Å². The van der Waals surface area contributed by atoms with Crippen molar-refractivity contribution in [3.8, 4) is 11.4 Å². The standard InChI is InChI=1S/C25H14F6N2O4S/c26-24(27,28)12-4-1-6-14(10-12)33-21-16(8-3-9-32-21)19-17(22(33)35)18(34)20(23(36)37-19)38-15-7-2-5-13(11-15)25(29,30)31/h1-2,4-8,10-11,34H,3,9H2. The average Bonchev–Trinajstić information content (AvgIpc) is 2.86. The number of fused-ring (bicyclic) bond motifs is 3. The Morgan fingerprint density at radius 1 is 0.947 bits per heavy atom. The number of pyridine rings is 1. The van der Waals surface area contributed by atoms with Gasteiger partial charge in [0.25, 0.3) is 5.56 Å². The summed E-state index contributed by atoms with van der Waals surface area (Å²) in [5.41, 5.74) is -4.75. The van der Waals surface area contributed by atoms with E-state index in [-0.39, 0.29) is 33.4 Å². The van der Waals surface area contributed by atoms with E-state index < -0.39 is 50.7 Å². The molecular formula is C25H14F6N2O4S. The molecule has 2 aromatic heterocycles. The number of aromatic hydroxyl groups is 1. The van der Waals surface area contributed by atoms with Gasteiger partial charge in [0.15, 0.2) is 11.3 Å². The van der Waals surface area contributed by atoms with Crippen molar-refractivity contribution in [1.29, 1.82) is 0 Å². The Hall–Kier alpha value is -4.00. The molecular weight excluding hydrogens is 538 g/mol. The lowest BCUT2D eigenvalue weighted by atomic mass is 10.1. The van der Waals surface area contributed by atoms with Gasteiger partial charge in [-0.1, -0.05) is 30.0 Å². The topological polar surface area (TPSA) is 84.8 Å². The molecule has 4 aromatic rings. The molecule has 0 bridgehead atoms. The van der Waals surface area contributed by atoms with Gasteiger partial charge in [0, 0.05) is 11.4 Å². The van der Waals surface area contributed by atoms with Crippen LogP contribution in [0.5, 0.6) is 5.75 Å². The normalized spacial score (nSPS) is 13.6. The Morgan fingerprint density at radius 3 is 2.29 bits per heavy atom. The van der Waals surface area contributed by atoms with Crippen LogP contribution >= 0.6 is 11.8 Å². The zero-order chi connectivity index (χ0) is 27.4. The van der Waals surface area contributed by atoms with Crippen LogP contribution in [0.2, 0.25) is 0 Å². The SMILES string of the molecule is O=c1oc2c3c(n(-c4cccc(C(F)(F)F)c4)c(=O)c2c(O)c1Sc1cccc(C(F)(F)F)c1)=NCCC=3. The van der Waals surface area contributed by atoms with Crippen LogP contribution in [0.25, 0.3) is 22.7 Å². The summed E-state index contributed by atoms with van der Waals surface area (Å²) >= 11 is 0.453. The third-order valence-electron chi connectivity index (χ3n) is 5.73. The Morgan fingerprint density at radius 2 is 1.61 bits per heavy atom. The fourth-order valence-electron chi connectivity index (χ4n) is 4.05. The van der Waals surface area contributed by atoms with Crippen molar-refractivity contribution in [2.24, 2.45) is 4.99 Å². The molecule has 2 aromatic carbocycles. The van der Waals surface area contributed by atoms with Crippen molar-refractivity contribution in [1.82, 2.24) is 4.57 Å². The number of rotatable bonds is 3. The molecule has 1 aliphatic heterocycles. The first-order valence-electron chi connectivity index (χ1n) is 10.9. The summed E-state index contributed by atoms with van der Waals surface area (Å²) in [6.07, 6.45) is -7.45. The number of halogens is 6. The minimum absolute atomic E-state index is 0.0612. The minimum Gasteiger partial charge on any atom is -0.505 e. The Labute approximate surface area is 212 Å². The van der Waals surface area contributed by atoms with E-state index in [2.05, 4.69) is 4.99 Å². The summed E-state index contributed by atoms with van der Waals surface area (Å²) in [5, 5.41) is 10.6. The van der Waals surface area contributed by atoms with Crippen molar-refractivity contribution < 1.29 is 35.9 Å². The highest BCUT2D eigenvalue weighted by Crippen LogP contribution is 2.37. The molecule has 38 heavy (non-hydrogen) atoms. The van der Waals surface area contributed by atoms with Gasteiger partial charge in [0.2, 0.25) is 0 Å². The second-order valence-corrected chi connectivity index (χ2v) is 9.28. The molecule has 0 fully saturated rings. The van der Waals surface area contributed by atoms with Gasteiger partial charge in [-0.05, 0) is 42.8 Å². The maximum atomic E-state index is 13.6. The van der Waals surface area contributed by atoms with Gasteiger partial charge in [-0.3, -0.25) is 14.4 Å². The van der Waals surface area contributed by atoms with Gasteiger partial charge < -0.3 is 9.52 Å². The second-order valence-electron chi connectivity index (χ2n) is 8.20. The number of hydrogen-bond acceptors (Lipinski definition) is 6. The molecule has 0 radical (unpaired) electrons. The highest BCUT2D eigenvalue weighted by molar-refractivity contribution is 7.99. The fourth-order valence-corrected chi connectivity index (χ4v) is 4.94. The molecule has 13 heteroatoms. The van der Waals surface area contributed by atoms with Crippen LogP contribution in [0.15, 0.2) is 77.3 Å². The molecule has 1 N–H and O–H groups in total. The first-order chi connectivity index (χ1) is 17.9. The van der Waals surface area contributed by atoms with E-state index in [1.165, 1.54) is 12.1 Å². The van der Waals surface area contributed by atoms with E-state index in [0.29, 0.717) is 18.2 Å². The summed E-state index contributed by atoms with van der Waals surface area (Å²) in [6.45, 7) is 0.205. The predicted molar refractivity (Wildman–Crippen MR) is 125 cm³/mol. The van der Waals surface area contributed by atoms with Gasteiger partial charge >= 0.3 is 18.0 Å². The van der Waals surface area contributed by atoms with Crippen molar-refractivity contribution in [2.75, 3.05) is 6.54 Å². The molecule has 0 aliphatic carbocycles. The Balaban J connectivity index is 1.79. The summed E-state index contributed by atoms with van der Waals surface area (Å²) in [7, 11) is 0.